The second kappa shape index (κ2) is 6.44. The van der Waals surface area contributed by atoms with E-state index in [-0.39, 0.29) is 11.7 Å². The Labute approximate surface area is 130 Å². The maximum Gasteiger partial charge on any atom is 0.236 e. The Morgan fingerprint density at radius 2 is 2.09 bits per heavy atom. The fraction of sp³-hybridized carbons (Fsp3) is 0.143. The molecule has 0 aliphatic rings. The summed E-state index contributed by atoms with van der Waals surface area (Å²) in [5, 5.41) is 15.1. The Morgan fingerprint density at radius 1 is 1.27 bits per heavy atom. The van der Waals surface area contributed by atoms with Gasteiger partial charge in [-0.25, -0.2) is 0 Å². The fourth-order valence-corrected chi connectivity index (χ4v) is 2.69. The Kier molecular flexibility index (Phi) is 4.19. The summed E-state index contributed by atoms with van der Waals surface area (Å²) in [4.78, 5) is 11.9. The summed E-state index contributed by atoms with van der Waals surface area (Å²) in [6.45, 7) is 1.87. The highest BCUT2D eigenvalue weighted by atomic mass is 32.2. The van der Waals surface area contributed by atoms with Gasteiger partial charge in [0.15, 0.2) is 11.0 Å². The van der Waals surface area contributed by atoms with Crippen molar-refractivity contribution in [3.63, 3.8) is 0 Å². The number of thioether (sulfide) groups is 1. The van der Waals surface area contributed by atoms with E-state index >= 15 is 0 Å². The van der Waals surface area contributed by atoms with Gasteiger partial charge >= 0.3 is 0 Å². The number of carbonyl (C=O) groups is 1. The van der Waals surface area contributed by atoms with Crippen molar-refractivity contribution in [3.8, 4) is 5.69 Å². The minimum absolute atomic E-state index is 0.181. The lowest BCUT2D eigenvalue weighted by Crippen LogP contribution is -2.14. The molecule has 7 nitrogen and oxygen atoms in total. The highest BCUT2D eigenvalue weighted by Gasteiger charge is 2.13. The van der Waals surface area contributed by atoms with E-state index in [9.17, 15) is 4.79 Å². The molecule has 0 atom stereocenters. The van der Waals surface area contributed by atoms with Gasteiger partial charge in [-0.2, -0.15) is 0 Å². The minimum Gasteiger partial charge on any atom is -0.363 e. The number of nitrogens with one attached hydrogen (secondary N) is 1. The molecule has 1 N–H and O–H groups in total. The van der Waals surface area contributed by atoms with Crippen LogP contribution in [-0.4, -0.2) is 31.6 Å². The number of amides is 1. The number of para-hydroxylation sites is 1. The third-order valence-corrected chi connectivity index (χ3v) is 3.78. The van der Waals surface area contributed by atoms with Gasteiger partial charge in [0.2, 0.25) is 5.91 Å². The van der Waals surface area contributed by atoms with Gasteiger partial charge in [-0.3, -0.25) is 9.36 Å². The second-order valence-electron chi connectivity index (χ2n) is 4.42. The van der Waals surface area contributed by atoms with E-state index in [1.165, 1.54) is 18.0 Å². The molecule has 0 unspecified atom stereocenters. The van der Waals surface area contributed by atoms with Crippen LogP contribution in [0.3, 0.4) is 0 Å². The van der Waals surface area contributed by atoms with E-state index in [2.05, 4.69) is 25.2 Å². The first kappa shape index (κ1) is 14.3. The predicted octanol–water partition coefficient (Wildman–Crippen LogP) is 2.29. The van der Waals surface area contributed by atoms with E-state index < -0.39 is 0 Å². The summed E-state index contributed by atoms with van der Waals surface area (Å²) in [5.41, 5.74) is 0.962. The van der Waals surface area contributed by atoms with Gasteiger partial charge < -0.3 is 9.84 Å². The van der Waals surface area contributed by atoms with Crippen LogP contribution in [0, 0.1) is 6.92 Å². The van der Waals surface area contributed by atoms with Crippen LogP contribution < -0.4 is 5.32 Å². The van der Waals surface area contributed by atoms with Crippen molar-refractivity contribution < 1.29 is 9.32 Å². The van der Waals surface area contributed by atoms with Crippen molar-refractivity contribution in [3.05, 3.63) is 48.5 Å². The van der Waals surface area contributed by atoms with Crippen LogP contribution in [0.2, 0.25) is 0 Å². The zero-order valence-electron chi connectivity index (χ0n) is 11.8. The lowest BCUT2D eigenvalue weighted by molar-refractivity contribution is -0.113. The number of benzene rings is 1. The molecule has 1 aromatic carbocycles. The van der Waals surface area contributed by atoms with E-state index in [4.69, 9.17) is 0 Å². The average Bonchev–Trinajstić information content (AvgIpc) is 3.16. The van der Waals surface area contributed by atoms with Crippen molar-refractivity contribution in [2.45, 2.75) is 12.1 Å². The van der Waals surface area contributed by atoms with E-state index in [1.54, 1.807) is 6.07 Å². The van der Waals surface area contributed by atoms with E-state index in [0.717, 1.165) is 11.5 Å². The summed E-state index contributed by atoms with van der Waals surface area (Å²) in [5.74, 6) is 1.19. The Bertz CT molecular complexity index is 755. The first-order valence-corrected chi connectivity index (χ1v) is 7.53. The summed E-state index contributed by atoms with van der Waals surface area (Å²) in [7, 11) is 0. The molecule has 8 heteroatoms. The summed E-state index contributed by atoms with van der Waals surface area (Å²) in [6.07, 6.45) is 1.40. The molecular weight excluding hydrogens is 302 g/mol. The predicted molar refractivity (Wildman–Crippen MR) is 82.0 cm³/mol. The van der Waals surface area contributed by atoms with E-state index in [1.807, 2.05) is 41.8 Å². The highest BCUT2D eigenvalue weighted by molar-refractivity contribution is 7.99. The monoisotopic (exact) mass is 315 g/mol. The van der Waals surface area contributed by atoms with Gasteiger partial charge in [0.05, 0.1) is 5.75 Å². The van der Waals surface area contributed by atoms with Crippen LogP contribution in [0.25, 0.3) is 5.69 Å². The standard InChI is InChI=1S/C14H13N5O2S/c1-10-16-17-14(19(10)11-5-3-2-4-6-11)22-9-13(20)15-12-7-8-21-18-12/h2-8H,9H2,1H3,(H,15,18,20). The van der Waals surface area contributed by atoms with Crippen LogP contribution in [0.5, 0.6) is 0 Å². The molecule has 22 heavy (non-hydrogen) atoms. The third kappa shape index (κ3) is 3.17. The van der Waals surface area contributed by atoms with Gasteiger partial charge in [0.25, 0.3) is 0 Å². The molecule has 3 aromatic rings. The van der Waals surface area contributed by atoms with Gasteiger partial charge in [-0.1, -0.05) is 35.1 Å². The number of aryl methyl sites for hydroxylation is 1. The summed E-state index contributed by atoms with van der Waals surface area (Å²) >= 11 is 1.31. The molecule has 0 saturated heterocycles. The number of nitrogens with zero attached hydrogens (tertiary/aromatic N) is 4. The fourth-order valence-electron chi connectivity index (χ4n) is 1.90. The molecule has 0 saturated carbocycles. The molecule has 2 heterocycles. The smallest absolute Gasteiger partial charge is 0.236 e. The number of carbonyl (C=O) groups excluding carboxylic acids is 1. The zero-order valence-corrected chi connectivity index (χ0v) is 12.6. The average molecular weight is 315 g/mol. The first-order valence-electron chi connectivity index (χ1n) is 6.54. The molecule has 112 valence electrons. The quantitative estimate of drug-likeness (QED) is 0.727. The molecule has 0 spiro atoms. The topological polar surface area (TPSA) is 85.8 Å². The van der Waals surface area contributed by atoms with Crippen LogP contribution in [-0.2, 0) is 4.79 Å². The first-order chi connectivity index (χ1) is 10.7. The minimum atomic E-state index is -0.181. The van der Waals surface area contributed by atoms with Gasteiger partial charge in [0, 0.05) is 11.8 Å². The molecule has 0 bridgehead atoms. The van der Waals surface area contributed by atoms with Crippen molar-refractivity contribution in [2.75, 3.05) is 11.1 Å². The number of rotatable bonds is 5. The van der Waals surface area contributed by atoms with Crippen LogP contribution in [0.1, 0.15) is 5.82 Å². The maximum atomic E-state index is 11.9. The van der Waals surface area contributed by atoms with Gasteiger partial charge in [-0.15, -0.1) is 10.2 Å². The zero-order chi connectivity index (χ0) is 15.4. The summed E-state index contributed by atoms with van der Waals surface area (Å²) in [6, 6.07) is 11.4. The number of hydrogen-bond acceptors (Lipinski definition) is 6. The highest BCUT2D eigenvalue weighted by Crippen LogP contribution is 2.21. The molecule has 0 aliphatic heterocycles. The molecule has 1 amide bonds. The van der Waals surface area contributed by atoms with Gasteiger partial charge in [-0.05, 0) is 19.1 Å². The molecular formula is C14H13N5O2S. The van der Waals surface area contributed by atoms with Crippen LogP contribution >= 0.6 is 11.8 Å². The number of aromatic nitrogens is 4. The lowest BCUT2D eigenvalue weighted by atomic mass is 10.3. The number of anilines is 1. The Balaban J connectivity index is 1.70. The van der Waals surface area contributed by atoms with Crippen molar-refractivity contribution >= 4 is 23.5 Å². The summed E-state index contributed by atoms with van der Waals surface area (Å²) < 4.78 is 6.57. The van der Waals surface area contributed by atoms with Crippen LogP contribution in [0.15, 0.2) is 52.3 Å². The third-order valence-electron chi connectivity index (χ3n) is 2.85. The number of hydrogen-bond donors (Lipinski definition) is 1. The van der Waals surface area contributed by atoms with E-state index in [0.29, 0.717) is 11.0 Å². The molecule has 0 fully saturated rings. The second-order valence-corrected chi connectivity index (χ2v) is 5.36. The molecule has 3 rings (SSSR count). The van der Waals surface area contributed by atoms with Crippen molar-refractivity contribution in [2.24, 2.45) is 0 Å². The largest absolute Gasteiger partial charge is 0.363 e. The Hall–Kier alpha value is -2.61. The van der Waals surface area contributed by atoms with Crippen LogP contribution in [0.4, 0.5) is 5.82 Å². The molecule has 2 aromatic heterocycles. The normalized spacial score (nSPS) is 10.6. The lowest BCUT2D eigenvalue weighted by Gasteiger charge is -2.07. The van der Waals surface area contributed by atoms with Crippen molar-refractivity contribution in [1.82, 2.24) is 19.9 Å². The SMILES string of the molecule is Cc1nnc(SCC(=O)Nc2ccon2)n1-c1ccccc1. The maximum absolute atomic E-state index is 11.9. The molecule has 0 radical (unpaired) electrons. The molecule has 0 aliphatic carbocycles. The Morgan fingerprint density at radius 3 is 2.82 bits per heavy atom. The van der Waals surface area contributed by atoms with Gasteiger partial charge in [0.1, 0.15) is 12.1 Å². The van der Waals surface area contributed by atoms with Crippen molar-refractivity contribution in [1.29, 1.82) is 0 Å².